The summed E-state index contributed by atoms with van der Waals surface area (Å²) in [6.45, 7) is 0. The van der Waals surface area contributed by atoms with Gasteiger partial charge in [-0.2, -0.15) is 0 Å². The standard InChI is InChI=1S/C8H14N4O/c9-2-1-3(13)5-4(2)6(10)8(12)7(5)11/h2,6-8H,1,9-12H2. The Kier molecular flexibility index (Phi) is 1.78. The van der Waals surface area contributed by atoms with Crippen molar-refractivity contribution in [2.24, 2.45) is 22.9 Å². The molecule has 0 saturated carbocycles. The van der Waals surface area contributed by atoms with Crippen molar-refractivity contribution in [1.29, 1.82) is 0 Å². The highest BCUT2D eigenvalue weighted by molar-refractivity contribution is 6.02. The first-order chi connectivity index (χ1) is 6.04. The Bertz CT molecular complexity index is 299. The first kappa shape index (κ1) is 8.83. The van der Waals surface area contributed by atoms with Crippen LogP contribution in [0.4, 0.5) is 0 Å². The minimum absolute atomic E-state index is 0.0124. The zero-order valence-corrected chi connectivity index (χ0v) is 7.23. The topological polar surface area (TPSA) is 121 Å². The average molecular weight is 182 g/mol. The Morgan fingerprint density at radius 2 is 1.69 bits per heavy atom. The van der Waals surface area contributed by atoms with Crippen LogP contribution in [0, 0.1) is 0 Å². The number of ketones is 1. The molecule has 2 aliphatic carbocycles. The molecule has 4 atom stereocenters. The number of carbonyl (C=O) groups excluding carboxylic acids is 1. The molecule has 0 amide bonds. The molecule has 0 aromatic carbocycles. The van der Waals surface area contributed by atoms with Crippen LogP contribution in [0.2, 0.25) is 0 Å². The van der Waals surface area contributed by atoms with Crippen molar-refractivity contribution in [1.82, 2.24) is 0 Å². The van der Waals surface area contributed by atoms with E-state index in [1.54, 1.807) is 0 Å². The van der Waals surface area contributed by atoms with Crippen molar-refractivity contribution in [2.75, 3.05) is 0 Å². The molecule has 5 heteroatoms. The molecule has 5 nitrogen and oxygen atoms in total. The Hall–Kier alpha value is -0.750. The molecule has 0 bridgehead atoms. The molecule has 0 spiro atoms. The van der Waals surface area contributed by atoms with Gasteiger partial charge < -0.3 is 22.9 Å². The smallest absolute Gasteiger partial charge is 0.162 e. The summed E-state index contributed by atoms with van der Waals surface area (Å²) in [6, 6.07) is -1.39. The van der Waals surface area contributed by atoms with Gasteiger partial charge in [0.2, 0.25) is 0 Å². The molecule has 0 saturated heterocycles. The first-order valence-corrected chi connectivity index (χ1v) is 4.33. The van der Waals surface area contributed by atoms with Gasteiger partial charge in [0.1, 0.15) is 0 Å². The zero-order valence-electron chi connectivity index (χ0n) is 7.23. The lowest BCUT2D eigenvalue weighted by Gasteiger charge is -2.20. The summed E-state index contributed by atoms with van der Waals surface area (Å²) < 4.78 is 0. The van der Waals surface area contributed by atoms with Crippen LogP contribution in [-0.4, -0.2) is 30.0 Å². The second-order valence-electron chi connectivity index (χ2n) is 3.73. The van der Waals surface area contributed by atoms with E-state index in [1.807, 2.05) is 0 Å². The minimum Gasteiger partial charge on any atom is -0.324 e. The van der Waals surface area contributed by atoms with Gasteiger partial charge in [-0.1, -0.05) is 0 Å². The Morgan fingerprint density at radius 1 is 1.08 bits per heavy atom. The van der Waals surface area contributed by atoms with Crippen LogP contribution in [0.5, 0.6) is 0 Å². The van der Waals surface area contributed by atoms with E-state index in [9.17, 15) is 4.79 Å². The fourth-order valence-electron chi connectivity index (χ4n) is 2.21. The van der Waals surface area contributed by atoms with Crippen LogP contribution in [0.3, 0.4) is 0 Å². The van der Waals surface area contributed by atoms with Crippen LogP contribution in [0.1, 0.15) is 6.42 Å². The second-order valence-corrected chi connectivity index (χ2v) is 3.73. The molecular weight excluding hydrogens is 168 g/mol. The number of rotatable bonds is 0. The van der Waals surface area contributed by atoms with E-state index >= 15 is 0 Å². The van der Waals surface area contributed by atoms with E-state index < -0.39 is 6.04 Å². The highest BCUT2D eigenvalue weighted by Gasteiger charge is 2.45. The quantitative estimate of drug-likeness (QED) is 0.332. The maximum atomic E-state index is 11.4. The lowest BCUT2D eigenvalue weighted by Crippen LogP contribution is -2.51. The van der Waals surface area contributed by atoms with Crippen molar-refractivity contribution >= 4 is 5.78 Å². The number of nitrogens with two attached hydrogens (primary N) is 4. The van der Waals surface area contributed by atoms with E-state index in [2.05, 4.69) is 0 Å². The van der Waals surface area contributed by atoms with Crippen molar-refractivity contribution in [2.45, 2.75) is 30.6 Å². The molecule has 72 valence electrons. The lowest BCUT2D eigenvalue weighted by atomic mass is 9.99. The molecule has 0 heterocycles. The number of carbonyl (C=O) groups is 1. The molecule has 0 fully saturated rings. The van der Waals surface area contributed by atoms with Crippen LogP contribution in [-0.2, 0) is 4.79 Å². The molecule has 0 aliphatic heterocycles. The SMILES string of the molecule is NC1CC(=O)C2=C1C(N)C(N)C2N. The highest BCUT2D eigenvalue weighted by Crippen LogP contribution is 2.33. The van der Waals surface area contributed by atoms with E-state index in [0.717, 1.165) is 5.57 Å². The summed E-state index contributed by atoms with van der Waals surface area (Å²) in [6.07, 6.45) is 0.332. The highest BCUT2D eigenvalue weighted by atomic mass is 16.1. The molecule has 8 N–H and O–H groups in total. The van der Waals surface area contributed by atoms with Gasteiger partial charge in [-0.05, 0) is 5.57 Å². The third-order valence-electron chi connectivity index (χ3n) is 2.94. The predicted molar refractivity (Wildman–Crippen MR) is 48.6 cm³/mol. The van der Waals surface area contributed by atoms with Crippen molar-refractivity contribution < 1.29 is 4.79 Å². The number of hydrogen-bond acceptors (Lipinski definition) is 5. The molecule has 0 aromatic heterocycles. The van der Waals surface area contributed by atoms with Gasteiger partial charge >= 0.3 is 0 Å². The zero-order chi connectivity index (χ0) is 9.75. The molecular formula is C8H14N4O. The van der Waals surface area contributed by atoms with Gasteiger partial charge in [-0.15, -0.1) is 0 Å². The van der Waals surface area contributed by atoms with Gasteiger partial charge in [0, 0.05) is 30.1 Å². The molecule has 2 rings (SSSR count). The average Bonchev–Trinajstić information content (AvgIpc) is 2.47. The maximum absolute atomic E-state index is 11.4. The molecule has 13 heavy (non-hydrogen) atoms. The first-order valence-electron chi connectivity index (χ1n) is 4.33. The number of Topliss-reactive ketones (excluding diaryl/α,β-unsaturated/α-hetero) is 1. The Labute approximate surface area is 76.1 Å². The van der Waals surface area contributed by atoms with E-state index in [0.29, 0.717) is 12.0 Å². The monoisotopic (exact) mass is 182 g/mol. The van der Waals surface area contributed by atoms with E-state index in [4.69, 9.17) is 22.9 Å². The van der Waals surface area contributed by atoms with Crippen molar-refractivity contribution in [3.8, 4) is 0 Å². The van der Waals surface area contributed by atoms with Gasteiger partial charge in [0.05, 0.1) is 6.04 Å². The molecule has 0 aromatic rings. The fourth-order valence-corrected chi connectivity index (χ4v) is 2.21. The predicted octanol–water partition coefficient (Wildman–Crippen LogP) is -2.42. The van der Waals surface area contributed by atoms with Gasteiger partial charge in [-0.3, -0.25) is 4.79 Å². The molecule has 2 aliphatic rings. The van der Waals surface area contributed by atoms with Crippen molar-refractivity contribution in [3.05, 3.63) is 11.1 Å². The summed E-state index contributed by atoms with van der Waals surface area (Å²) in [5.41, 5.74) is 24.4. The summed E-state index contributed by atoms with van der Waals surface area (Å²) in [5.74, 6) is 0.0124. The fraction of sp³-hybridized carbons (Fsp3) is 0.625. The van der Waals surface area contributed by atoms with Crippen LogP contribution >= 0.6 is 0 Å². The third-order valence-corrected chi connectivity index (χ3v) is 2.94. The summed E-state index contributed by atoms with van der Waals surface area (Å²) in [5, 5.41) is 0. The third kappa shape index (κ3) is 0.986. The normalized spacial score (nSPS) is 44.5. The minimum atomic E-state index is -0.425. The van der Waals surface area contributed by atoms with Crippen LogP contribution in [0.15, 0.2) is 11.1 Å². The summed E-state index contributed by atoms with van der Waals surface area (Å²) in [4.78, 5) is 11.4. The van der Waals surface area contributed by atoms with Gasteiger partial charge in [0.15, 0.2) is 5.78 Å². The van der Waals surface area contributed by atoms with Crippen LogP contribution < -0.4 is 22.9 Å². The largest absolute Gasteiger partial charge is 0.324 e. The van der Waals surface area contributed by atoms with Gasteiger partial charge in [0.25, 0.3) is 0 Å². The molecule has 0 radical (unpaired) electrons. The number of hydrogen-bond donors (Lipinski definition) is 4. The lowest BCUT2D eigenvalue weighted by molar-refractivity contribution is -0.115. The molecule has 4 unspecified atom stereocenters. The summed E-state index contributed by atoms with van der Waals surface area (Å²) >= 11 is 0. The second kappa shape index (κ2) is 2.62. The van der Waals surface area contributed by atoms with Crippen molar-refractivity contribution in [3.63, 3.8) is 0 Å². The Morgan fingerprint density at radius 3 is 2.23 bits per heavy atom. The van der Waals surface area contributed by atoms with Gasteiger partial charge in [-0.25, -0.2) is 0 Å². The van der Waals surface area contributed by atoms with E-state index in [-0.39, 0.29) is 23.9 Å². The Balaban J connectivity index is 2.44. The maximum Gasteiger partial charge on any atom is 0.162 e. The van der Waals surface area contributed by atoms with E-state index in [1.165, 1.54) is 0 Å². The summed E-state index contributed by atoms with van der Waals surface area (Å²) in [7, 11) is 0. The van der Waals surface area contributed by atoms with Crippen LogP contribution in [0.25, 0.3) is 0 Å².